The van der Waals surface area contributed by atoms with Gasteiger partial charge in [0.15, 0.2) is 0 Å². The number of methoxy groups -OCH3 is 1. The minimum atomic E-state index is -0.996. The van der Waals surface area contributed by atoms with E-state index in [2.05, 4.69) is 17.1 Å². The van der Waals surface area contributed by atoms with E-state index in [9.17, 15) is 9.59 Å². The van der Waals surface area contributed by atoms with Crippen LogP contribution in [0.4, 0.5) is 4.79 Å². The van der Waals surface area contributed by atoms with Gasteiger partial charge in [-0.3, -0.25) is 4.90 Å². The highest BCUT2D eigenvalue weighted by Gasteiger charge is 2.25. The van der Waals surface area contributed by atoms with Gasteiger partial charge >= 0.3 is 12.0 Å². The molecular formula is C14H27N3O4. The molecule has 7 nitrogen and oxygen atoms in total. The number of nitrogens with zero attached hydrogens (tertiary/aromatic N) is 2. The van der Waals surface area contributed by atoms with Gasteiger partial charge in [-0.1, -0.05) is 6.92 Å². The Morgan fingerprint density at radius 1 is 1.29 bits per heavy atom. The highest BCUT2D eigenvalue weighted by Crippen LogP contribution is 2.05. The minimum absolute atomic E-state index is 0.282. The summed E-state index contributed by atoms with van der Waals surface area (Å²) in [5, 5.41) is 11.8. The molecule has 0 aromatic heterocycles. The first kappa shape index (κ1) is 17.7. The van der Waals surface area contributed by atoms with E-state index in [1.807, 2.05) is 0 Å². The maximum Gasteiger partial charge on any atom is 0.326 e. The lowest BCUT2D eigenvalue weighted by atomic mass is 10.1. The Morgan fingerprint density at radius 3 is 2.48 bits per heavy atom. The molecule has 1 rings (SSSR count). The lowest BCUT2D eigenvalue weighted by molar-refractivity contribution is -0.139. The predicted octanol–water partition coefficient (Wildman–Crippen LogP) is 0.603. The van der Waals surface area contributed by atoms with Crippen molar-refractivity contribution in [3.05, 3.63) is 0 Å². The van der Waals surface area contributed by atoms with Gasteiger partial charge in [0.1, 0.15) is 6.04 Å². The second-order valence-electron chi connectivity index (χ2n) is 5.30. The number of amides is 2. The van der Waals surface area contributed by atoms with Gasteiger partial charge in [0.2, 0.25) is 0 Å². The van der Waals surface area contributed by atoms with E-state index in [-0.39, 0.29) is 6.03 Å². The first-order chi connectivity index (χ1) is 10.1. The molecule has 1 atom stereocenters. The van der Waals surface area contributed by atoms with Gasteiger partial charge < -0.3 is 20.1 Å². The summed E-state index contributed by atoms with van der Waals surface area (Å²) in [5.74, 6) is -0.996. The van der Waals surface area contributed by atoms with Crippen LogP contribution in [0.15, 0.2) is 0 Å². The molecule has 1 aliphatic heterocycles. The third kappa shape index (κ3) is 6.31. The quantitative estimate of drug-likeness (QED) is 0.642. The number of nitrogens with one attached hydrogen (secondary N) is 1. The van der Waals surface area contributed by atoms with Gasteiger partial charge in [0.25, 0.3) is 0 Å². The Morgan fingerprint density at radius 2 is 1.95 bits per heavy atom. The molecule has 0 spiro atoms. The van der Waals surface area contributed by atoms with Gasteiger partial charge in [-0.25, -0.2) is 9.59 Å². The molecule has 2 N–H and O–H groups in total. The number of rotatable bonds is 8. The van der Waals surface area contributed by atoms with Crippen molar-refractivity contribution in [1.29, 1.82) is 0 Å². The van der Waals surface area contributed by atoms with Crippen LogP contribution in [0.25, 0.3) is 0 Å². The fraction of sp³-hybridized carbons (Fsp3) is 0.857. The Bertz CT molecular complexity index is 330. The van der Waals surface area contributed by atoms with E-state index in [1.165, 1.54) is 0 Å². The van der Waals surface area contributed by atoms with Crippen molar-refractivity contribution in [1.82, 2.24) is 15.1 Å². The summed E-state index contributed by atoms with van der Waals surface area (Å²) in [6.45, 7) is 6.67. The number of urea groups is 1. The molecule has 1 heterocycles. The standard InChI is InChI=1S/C14H27N3O4/c1-3-6-16-7-9-17(10-8-16)14(20)15-12(13(18)19)5-4-11-21-2/h12H,3-11H2,1-2H3,(H,15,20)(H,18,19). The van der Waals surface area contributed by atoms with E-state index in [0.29, 0.717) is 32.5 Å². The molecule has 1 saturated heterocycles. The average molecular weight is 301 g/mol. The number of ether oxygens (including phenoxy) is 1. The van der Waals surface area contributed by atoms with Crippen molar-refractivity contribution >= 4 is 12.0 Å². The normalized spacial score (nSPS) is 17.5. The van der Waals surface area contributed by atoms with Gasteiger partial charge in [-0.05, 0) is 25.8 Å². The third-order valence-electron chi connectivity index (χ3n) is 3.64. The maximum atomic E-state index is 12.1. The van der Waals surface area contributed by atoms with Crippen molar-refractivity contribution in [3.8, 4) is 0 Å². The van der Waals surface area contributed by atoms with Crippen molar-refractivity contribution < 1.29 is 19.4 Å². The molecule has 0 saturated carbocycles. The molecule has 0 aromatic carbocycles. The minimum Gasteiger partial charge on any atom is -0.480 e. The Hall–Kier alpha value is -1.34. The third-order valence-corrected chi connectivity index (χ3v) is 3.64. The van der Waals surface area contributed by atoms with Crippen molar-refractivity contribution in [2.24, 2.45) is 0 Å². The van der Waals surface area contributed by atoms with E-state index in [1.54, 1.807) is 12.0 Å². The fourth-order valence-electron chi connectivity index (χ4n) is 2.42. The van der Waals surface area contributed by atoms with Crippen molar-refractivity contribution in [3.63, 3.8) is 0 Å². The summed E-state index contributed by atoms with van der Waals surface area (Å²) in [5.41, 5.74) is 0. The van der Waals surface area contributed by atoms with Crippen LogP contribution in [-0.2, 0) is 9.53 Å². The van der Waals surface area contributed by atoms with E-state index in [0.717, 1.165) is 26.1 Å². The number of hydrogen-bond acceptors (Lipinski definition) is 4. The SMILES string of the molecule is CCCN1CCN(C(=O)NC(CCCOC)C(=O)O)CC1. The van der Waals surface area contributed by atoms with Gasteiger partial charge in [-0.2, -0.15) is 0 Å². The van der Waals surface area contributed by atoms with Crippen LogP contribution in [0.3, 0.4) is 0 Å². The largest absolute Gasteiger partial charge is 0.480 e. The summed E-state index contributed by atoms with van der Waals surface area (Å²) >= 11 is 0. The summed E-state index contributed by atoms with van der Waals surface area (Å²) in [6, 6.07) is -1.13. The zero-order valence-corrected chi connectivity index (χ0v) is 13.0. The molecule has 0 bridgehead atoms. The Kier molecular flexibility index (Phi) is 8.07. The second kappa shape index (κ2) is 9.57. The summed E-state index contributed by atoms with van der Waals surface area (Å²) in [7, 11) is 1.57. The molecule has 21 heavy (non-hydrogen) atoms. The predicted molar refractivity (Wildman–Crippen MR) is 79.4 cm³/mol. The Balaban J connectivity index is 2.38. The monoisotopic (exact) mass is 301 g/mol. The molecule has 1 unspecified atom stereocenters. The lowest BCUT2D eigenvalue weighted by Crippen LogP contribution is -2.54. The molecule has 2 amide bonds. The van der Waals surface area contributed by atoms with Gasteiger partial charge in [0, 0.05) is 39.9 Å². The van der Waals surface area contributed by atoms with Crippen LogP contribution in [0.1, 0.15) is 26.2 Å². The summed E-state index contributed by atoms with van der Waals surface area (Å²) in [4.78, 5) is 27.3. The first-order valence-corrected chi connectivity index (χ1v) is 7.58. The molecule has 7 heteroatoms. The van der Waals surface area contributed by atoms with Crippen LogP contribution in [0.2, 0.25) is 0 Å². The number of carbonyl (C=O) groups is 2. The second-order valence-corrected chi connectivity index (χ2v) is 5.30. The average Bonchev–Trinajstić information content (AvgIpc) is 2.47. The zero-order chi connectivity index (χ0) is 15.7. The number of carbonyl (C=O) groups excluding carboxylic acids is 1. The molecule has 1 fully saturated rings. The van der Waals surface area contributed by atoms with Crippen LogP contribution in [0.5, 0.6) is 0 Å². The maximum absolute atomic E-state index is 12.1. The highest BCUT2D eigenvalue weighted by molar-refractivity contribution is 5.82. The molecule has 0 aromatic rings. The van der Waals surface area contributed by atoms with E-state index < -0.39 is 12.0 Å². The molecule has 0 radical (unpaired) electrons. The number of carboxylic acids is 1. The number of carboxylic acid groups (broad SMARTS) is 1. The summed E-state index contributed by atoms with van der Waals surface area (Å²) < 4.78 is 4.91. The smallest absolute Gasteiger partial charge is 0.326 e. The van der Waals surface area contributed by atoms with Crippen molar-refractivity contribution in [2.75, 3.05) is 46.4 Å². The number of piperazine rings is 1. The number of hydrogen-bond donors (Lipinski definition) is 2. The molecule has 1 aliphatic rings. The van der Waals surface area contributed by atoms with Gasteiger partial charge in [0.05, 0.1) is 0 Å². The van der Waals surface area contributed by atoms with Crippen LogP contribution >= 0.6 is 0 Å². The Labute approximate surface area is 126 Å². The van der Waals surface area contributed by atoms with E-state index >= 15 is 0 Å². The number of aliphatic carboxylic acids is 1. The molecular weight excluding hydrogens is 274 g/mol. The zero-order valence-electron chi connectivity index (χ0n) is 13.0. The van der Waals surface area contributed by atoms with Crippen molar-refractivity contribution in [2.45, 2.75) is 32.2 Å². The molecule has 122 valence electrons. The van der Waals surface area contributed by atoms with Gasteiger partial charge in [-0.15, -0.1) is 0 Å². The topological polar surface area (TPSA) is 82.1 Å². The van der Waals surface area contributed by atoms with Crippen LogP contribution < -0.4 is 5.32 Å². The highest BCUT2D eigenvalue weighted by atomic mass is 16.5. The van der Waals surface area contributed by atoms with Crippen LogP contribution in [-0.4, -0.2) is 79.4 Å². The fourth-order valence-corrected chi connectivity index (χ4v) is 2.42. The first-order valence-electron chi connectivity index (χ1n) is 7.58. The summed E-state index contributed by atoms with van der Waals surface area (Å²) in [6.07, 6.45) is 2.09. The molecule has 0 aliphatic carbocycles. The van der Waals surface area contributed by atoms with E-state index in [4.69, 9.17) is 9.84 Å². The lowest BCUT2D eigenvalue weighted by Gasteiger charge is -2.35. The van der Waals surface area contributed by atoms with Crippen LogP contribution in [0, 0.1) is 0 Å².